The van der Waals surface area contributed by atoms with Gasteiger partial charge in [0.25, 0.3) is 5.91 Å². The van der Waals surface area contributed by atoms with Crippen molar-refractivity contribution in [3.05, 3.63) is 53.8 Å². The van der Waals surface area contributed by atoms with Crippen molar-refractivity contribution in [2.24, 2.45) is 0 Å². The fourth-order valence-corrected chi connectivity index (χ4v) is 3.78. The third-order valence-electron chi connectivity index (χ3n) is 5.52. The van der Waals surface area contributed by atoms with E-state index in [1.807, 2.05) is 6.07 Å². The minimum absolute atomic E-state index is 0.273. The van der Waals surface area contributed by atoms with Crippen molar-refractivity contribution in [2.75, 3.05) is 53.6 Å². The predicted molar refractivity (Wildman–Crippen MR) is 120 cm³/mol. The van der Waals surface area contributed by atoms with Crippen molar-refractivity contribution in [3.63, 3.8) is 0 Å². The normalized spacial score (nSPS) is 14.3. The van der Waals surface area contributed by atoms with Crippen LogP contribution in [0.4, 0.5) is 4.39 Å². The number of methoxy groups -OCH3 is 2. The SMILES string of the molecule is COc1ccc(-c2cc(C(=O)NCCN3CCOCC3)c3cc(F)ccc3n2)c(OC)c1. The Hall–Kier alpha value is -3.23. The van der Waals surface area contributed by atoms with Crippen LogP contribution in [0.2, 0.25) is 0 Å². The van der Waals surface area contributed by atoms with Crippen molar-refractivity contribution < 1.29 is 23.4 Å². The number of carbonyl (C=O) groups is 1. The summed E-state index contributed by atoms with van der Waals surface area (Å²) in [5.41, 5.74) is 2.16. The largest absolute Gasteiger partial charge is 0.497 e. The van der Waals surface area contributed by atoms with Crippen LogP contribution in [-0.4, -0.2) is 69.4 Å². The molecule has 2 heterocycles. The van der Waals surface area contributed by atoms with Crippen molar-refractivity contribution in [1.29, 1.82) is 0 Å². The van der Waals surface area contributed by atoms with E-state index in [2.05, 4.69) is 15.2 Å². The first-order chi connectivity index (χ1) is 15.6. The summed E-state index contributed by atoms with van der Waals surface area (Å²) in [4.78, 5) is 20.0. The third-order valence-corrected chi connectivity index (χ3v) is 5.52. The van der Waals surface area contributed by atoms with Crippen LogP contribution in [0.5, 0.6) is 11.5 Å². The molecule has 0 unspecified atom stereocenters. The summed E-state index contributed by atoms with van der Waals surface area (Å²) in [7, 11) is 3.14. The van der Waals surface area contributed by atoms with Crippen LogP contribution < -0.4 is 14.8 Å². The Balaban J connectivity index is 1.66. The lowest BCUT2D eigenvalue weighted by Gasteiger charge is -2.26. The van der Waals surface area contributed by atoms with Gasteiger partial charge in [0.15, 0.2) is 0 Å². The van der Waals surface area contributed by atoms with Crippen LogP contribution in [0.3, 0.4) is 0 Å². The molecule has 1 saturated heterocycles. The van der Waals surface area contributed by atoms with Crippen LogP contribution in [0.1, 0.15) is 10.4 Å². The number of pyridine rings is 1. The van der Waals surface area contributed by atoms with Crippen LogP contribution >= 0.6 is 0 Å². The highest BCUT2D eigenvalue weighted by Crippen LogP contribution is 2.34. The van der Waals surface area contributed by atoms with Crippen LogP contribution in [0.25, 0.3) is 22.2 Å². The van der Waals surface area contributed by atoms with Crippen molar-refractivity contribution in [2.45, 2.75) is 0 Å². The van der Waals surface area contributed by atoms with E-state index < -0.39 is 5.82 Å². The zero-order chi connectivity index (χ0) is 22.5. The maximum atomic E-state index is 14.0. The molecular formula is C24H26FN3O4. The number of hydrogen-bond acceptors (Lipinski definition) is 6. The number of nitrogens with zero attached hydrogens (tertiary/aromatic N) is 2. The quantitative estimate of drug-likeness (QED) is 0.610. The number of nitrogens with one attached hydrogen (secondary N) is 1. The summed E-state index contributed by atoms with van der Waals surface area (Å²) >= 11 is 0. The number of amides is 1. The number of morpholine rings is 1. The van der Waals surface area contributed by atoms with Gasteiger partial charge < -0.3 is 19.5 Å². The smallest absolute Gasteiger partial charge is 0.252 e. The van der Waals surface area contributed by atoms with Gasteiger partial charge in [-0.3, -0.25) is 9.69 Å². The molecule has 0 bridgehead atoms. The Morgan fingerprint density at radius 1 is 1.12 bits per heavy atom. The summed E-state index contributed by atoms with van der Waals surface area (Å²) in [5.74, 6) is 0.521. The molecular weight excluding hydrogens is 413 g/mol. The third kappa shape index (κ3) is 4.81. The van der Waals surface area contributed by atoms with E-state index in [-0.39, 0.29) is 5.91 Å². The molecule has 168 valence electrons. The van der Waals surface area contributed by atoms with Crippen LogP contribution in [0, 0.1) is 5.82 Å². The lowest BCUT2D eigenvalue weighted by atomic mass is 10.0. The molecule has 2 aromatic carbocycles. The molecule has 8 heteroatoms. The zero-order valence-corrected chi connectivity index (χ0v) is 18.2. The first-order valence-electron chi connectivity index (χ1n) is 10.5. The number of aromatic nitrogens is 1. The van der Waals surface area contributed by atoms with Gasteiger partial charge >= 0.3 is 0 Å². The molecule has 4 rings (SSSR count). The van der Waals surface area contributed by atoms with Crippen molar-refractivity contribution in [3.8, 4) is 22.8 Å². The fourth-order valence-electron chi connectivity index (χ4n) is 3.78. The number of hydrogen-bond donors (Lipinski definition) is 1. The molecule has 0 radical (unpaired) electrons. The second kappa shape index (κ2) is 9.93. The lowest BCUT2D eigenvalue weighted by molar-refractivity contribution is 0.0383. The van der Waals surface area contributed by atoms with Gasteiger partial charge in [-0.05, 0) is 36.4 Å². The maximum Gasteiger partial charge on any atom is 0.252 e. The number of benzene rings is 2. The van der Waals surface area contributed by atoms with Crippen LogP contribution in [-0.2, 0) is 4.74 Å². The zero-order valence-electron chi connectivity index (χ0n) is 18.2. The minimum Gasteiger partial charge on any atom is -0.497 e. The van der Waals surface area contributed by atoms with Gasteiger partial charge in [-0.1, -0.05) is 0 Å². The Morgan fingerprint density at radius 3 is 2.69 bits per heavy atom. The number of ether oxygens (including phenoxy) is 3. The van der Waals surface area contributed by atoms with E-state index in [1.165, 1.54) is 12.1 Å². The van der Waals surface area contributed by atoms with Gasteiger partial charge in [-0.2, -0.15) is 0 Å². The number of fused-ring (bicyclic) bond motifs is 1. The van der Waals surface area contributed by atoms with Gasteiger partial charge in [0.2, 0.25) is 0 Å². The van der Waals surface area contributed by atoms with Gasteiger partial charge in [-0.15, -0.1) is 0 Å². The topological polar surface area (TPSA) is 72.9 Å². The highest BCUT2D eigenvalue weighted by atomic mass is 19.1. The second-order valence-corrected chi connectivity index (χ2v) is 7.49. The first-order valence-corrected chi connectivity index (χ1v) is 10.5. The molecule has 1 amide bonds. The number of halogens is 1. The first kappa shape index (κ1) is 22.0. The summed E-state index contributed by atoms with van der Waals surface area (Å²) in [6.07, 6.45) is 0. The molecule has 1 N–H and O–H groups in total. The van der Waals surface area contributed by atoms with E-state index in [0.717, 1.165) is 19.6 Å². The lowest BCUT2D eigenvalue weighted by Crippen LogP contribution is -2.41. The Morgan fingerprint density at radius 2 is 1.94 bits per heavy atom. The van der Waals surface area contributed by atoms with E-state index in [0.29, 0.717) is 59.0 Å². The Labute approximate surface area is 186 Å². The minimum atomic E-state index is -0.420. The molecule has 0 saturated carbocycles. The van der Waals surface area contributed by atoms with E-state index in [4.69, 9.17) is 14.2 Å². The molecule has 0 atom stereocenters. The van der Waals surface area contributed by atoms with Gasteiger partial charge in [0.1, 0.15) is 17.3 Å². The summed E-state index contributed by atoms with van der Waals surface area (Å²) in [6, 6.07) is 11.3. The van der Waals surface area contributed by atoms with Gasteiger partial charge in [0, 0.05) is 43.2 Å². The molecule has 3 aromatic rings. The average molecular weight is 439 g/mol. The molecule has 32 heavy (non-hydrogen) atoms. The highest BCUT2D eigenvalue weighted by Gasteiger charge is 2.18. The molecule has 7 nitrogen and oxygen atoms in total. The van der Waals surface area contributed by atoms with E-state index in [1.54, 1.807) is 38.5 Å². The van der Waals surface area contributed by atoms with Gasteiger partial charge in [-0.25, -0.2) is 9.37 Å². The fraction of sp³-hybridized carbons (Fsp3) is 0.333. The highest BCUT2D eigenvalue weighted by molar-refractivity contribution is 6.07. The summed E-state index contributed by atoms with van der Waals surface area (Å²) in [5, 5.41) is 3.42. The second-order valence-electron chi connectivity index (χ2n) is 7.49. The molecule has 1 fully saturated rings. The molecule has 1 aromatic heterocycles. The van der Waals surface area contributed by atoms with Gasteiger partial charge in [0.05, 0.1) is 44.2 Å². The summed E-state index contributed by atoms with van der Waals surface area (Å²) < 4.78 is 30.1. The number of rotatable bonds is 7. The van der Waals surface area contributed by atoms with E-state index >= 15 is 0 Å². The Bertz CT molecular complexity index is 1120. The Kier molecular flexibility index (Phi) is 6.82. The summed E-state index contributed by atoms with van der Waals surface area (Å²) in [6.45, 7) is 4.32. The molecule has 0 spiro atoms. The maximum absolute atomic E-state index is 14.0. The van der Waals surface area contributed by atoms with Crippen LogP contribution in [0.15, 0.2) is 42.5 Å². The molecule has 0 aliphatic carbocycles. The predicted octanol–water partition coefficient (Wildman–Crippen LogP) is 3.12. The van der Waals surface area contributed by atoms with Crippen molar-refractivity contribution in [1.82, 2.24) is 15.2 Å². The standard InChI is InChI=1S/C24H26FN3O4/c1-30-17-4-5-18(23(14-17)31-2)22-15-20(19-13-16(25)3-6-21(19)27-22)24(29)26-7-8-28-9-11-32-12-10-28/h3-6,13-15H,7-12H2,1-2H3,(H,26,29). The average Bonchev–Trinajstić information content (AvgIpc) is 2.83. The number of carbonyl (C=O) groups excluding carboxylic acids is 1. The molecule has 1 aliphatic rings. The monoisotopic (exact) mass is 439 g/mol. The van der Waals surface area contributed by atoms with E-state index in [9.17, 15) is 9.18 Å². The molecule has 1 aliphatic heterocycles. The van der Waals surface area contributed by atoms with Crippen molar-refractivity contribution >= 4 is 16.8 Å².